The minimum Gasteiger partial charge on any atom is -0.305 e. The second-order valence-corrected chi connectivity index (χ2v) is 16.7. The summed E-state index contributed by atoms with van der Waals surface area (Å²) in [6.45, 7) is 8.33. The SMILES string of the molecule is [2H]C([2H])(c1c[c-]c(-c2ccccn2)cc1)C([2H])([2H])c1cc(CC(C)(C)c2c[c-]c(-c3cc(-c4c(C)cc(-c5ccccc5)cc4C)ccn3)cc2)cc(C([2H])([2H])C([2H])([2H])c2c[c-]c(-c3ccccn3)cc2)c1.[Ir+3]. The molecule has 320 valence electrons. The zero-order valence-electron chi connectivity index (χ0n) is 44.7. The van der Waals surface area contributed by atoms with Crippen LogP contribution in [-0.4, -0.2) is 15.0 Å². The van der Waals surface area contributed by atoms with Gasteiger partial charge in [-0.05, 0) is 124 Å². The van der Waals surface area contributed by atoms with Gasteiger partial charge in [-0.1, -0.05) is 118 Å². The number of aromatic nitrogens is 3. The molecule has 0 bridgehead atoms. The molecular weight excluding hydrogens is 967 g/mol. The summed E-state index contributed by atoms with van der Waals surface area (Å²) in [6.07, 6.45) is -5.37. The molecule has 0 fully saturated rings. The Kier molecular flexibility index (Phi) is 11.3. The first-order valence-electron chi connectivity index (χ1n) is 25.4. The monoisotopic (exact) mass is 1030 g/mol. The van der Waals surface area contributed by atoms with Crippen LogP contribution in [0.2, 0.25) is 0 Å². The summed E-state index contributed by atoms with van der Waals surface area (Å²) < 4.78 is 75.4. The van der Waals surface area contributed by atoms with E-state index in [0.29, 0.717) is 28.1 Å². The first-order valence-corrected chi connectivity index (χ1v) is 21.4. The third kappa shape index (κ3) is 11.0. The molecule has 4 heteroatoms. The molecule has 0 amide bonds. The van der Waals surface area contributed by atoms with Crippen LogP contribution in [0.15, 0.2) is 182 Å². The molecule has 9 rings (SSSR count). The van der Waals surface area contributed by atoms with Gasteiger partial charge in [0.15, 0.2) is 0 Å². The molecular formula is C61H52IrN3. The van der Waals surface area contributed by atoms with Crippen molar-refractivity contribution in [2.24, 2.45) is 0 Å². The molecule has 0 aliphatic rings. The Balaban J connectivity index is 0.00000711. The van der Waals surface area contributed by atoms with Gasteiger partial charge < -0.3 is 15.0 Å². The third-order valence-electron chi connectivity index (χ3n) is 11.4. The Labute approximate surface area is 410 Å². The largest absolute Gasteiger partial charge is 3.00 e. The van der Waals surface area contributed by atoms with Crippen molar-refractivity contribution in [3.63, 3.8) is 0 Å². The molecule has 3 aromatic heterocycles. The molecule has 0 aliphatic carbocycles. The predicted molar refractivity (Wildman–Crippen MR) is 264 cm³/mol. The van der Waals surface area contributed by atoms with Gasteiger partial charge in [-0.15, -0.1) is 106 Å². The van der Waals surface area contributed by atoms with E-state index in [0.717, 1.165) is 39.1 Å². The summed E-state index contributed by atoms with van der Waals surface area (Å²) in [4.78, 5) is 13.5. The van der Waals surface area contributed by atoms with Crippen molar-refractivity contribution in [2.45, 2.75) is 65.0 Å². The zero-order valence-corrected chi connectivity index (χ0v) is 39.1. The van der Waals surface area contributed by atoms with Gasteiger partial charge in [0.2, 0.25) is 0 Å². The van der Waals surface area contributed by atoms with E-state index in [2.05, 4.69) is 72.3 Å². The van der Waals surface area contributed by atoms with Crippen molar-refractivity contribution >= 4 is 0 Å². The fourth-order valence-corrected chi connectivity index (χ4v) is 8.16. The number of nitrogens with zero attached hydrogens (tertiary/aromatic N) is 3. The number of aryl methyl sites for hydroxylation is 6. The molecule has 3 nitrogen and oxygen atoms in total. The average molecular weight is 1030 g/mol. The Bertz CT molecular complexity index is 3200. The second kappa shape index (κ2) is 20.5. The van der Waals surface area contributed by atoms with Crippen LogP contribution in [0, 0.1) is 32.0 Å². The summed E-state index contributed by atoms with van der Waals surface area (Å²) in [6, 6.07) is 59.0. The van der Waals surface area contributed by atoms with E-state index in [1.807, 2.05) is 86.8 Å². The van der Waals surface area contributed by atoms with Crippen LogP contribution in [0.25, 0.3) is 56.0 Å². The predicted octanol–water partition coefficient (Wildman–Crippen LogP) is 14.3. The molecule has 0 N–H and O–H groups in total. The van der Waals surface area contributed by atoms with Gasteiger partial charge >= 0.3 is 20.1 Å². The summed E-state index contributed by atoms with van der Waals surface area (Å²) in [5.74, 6) is 0. The molecule has 0 saturated carbocycles. The number of benzene rings is 6. The normalized spacial score (nSPS) is 14.0. The van der Waals surface area contributed by atoms with Gasteiger partial charge in [0.25, 0.3) is 0 Å². The van der Waals surface area contributed by atoms with Crippen LogP contribution in [0.1, 0.15) is 69.3 Å². The van der Waals surface area contributed by atoms with E-state index < -0.39 is 30.9 Å². The number of rotatable bonds is 14. The van der Waals surface area contributed by atoms with E-state index in [4.69, 9.17) is 4.98 Å². The van der Waals surface area contributed by atoms with Crippen molar-refractivity contribution in [3.8, 4) is 56.0 Å². The van der Waals surface area contributed by atoms with Crippen molar-refractivity contribution < 1.29 is 31.1 Å². The standard InChI is InChI=1S/C61H52N3.Ir/c1-43-36-55(50-12-6-5-7-13-50)37-44(2)60(43)54-32-35-64-59(41-54)53-28-30-56(31-29-53)61(3,4)42-49-39-47(18-16-45-20-24-51(25-21-45)57-14-8-10-33-62-57)38-48(40-49)19-17-46-22-26-52(27-23-46)58-15-9-11-34-63-58;/h5-15,20-24,26,28,30-41H,16-19,42H2,1-4H3;/q-3;+3/i16D2,17D2,18D2,19D2;. The number of hydrogen-bond donors (Lipinski definition) is 0. The average Bonchev–Trinajstić information content (AvgIpc) is 3.39. The molecule has 0 spiro atoms. The molecule has 6 aromatic carbocycles. The van der Waals surface area contributed by atoms with Gasteiger partial charge in [0.05, 0.1) is 0 Å². The van der Waals surface area contributed by atoms with E-state index in [1.54, 1.807) is 48.8 Å². The minimum absolute atomic E-state index is 0. The first kappa shape index (κ1) is 35.7. The second-order valence-electron chi connectivity index (χ2n) is 16.7. The van der Waals surface area contributed by atoms with Crippen LogP contribution in [0.3, 0.4) is 0 Å². The van der Waals surface area contributed by atoms with Crippen LogP contribution < -0.4 is 0 Å². The van der Waals surface area contributed by atoms with Gasteiger partial charge in [-0.2, -0.15) is 0 Å². The topological polar surface area (TPSA) is 38.7 Å². The van der Waals surface area contributed by atoms with Gasteiger partial charge in [0, 0.05) is 29.6 Å². The summed E-state index contributed by atoms with van der Waals surface area (Å²) in [5.41, 5.74) is 11.5. The van der Waals surface area contributed by atoms with Crippen molar-refractivity contribution in [1.29, 1.82) is 0 Å². The third-order valence-corrected chi connectivity index (χ3v) is 11.4. The fourth-order valence-electron chi connectivity index (χ4n) is 8.16. The van der Waals surface area contributed by atoms with Crippen LogP contribution in [0.4, 0.5) is 0 Å². The maximum absolute atomic E-state index is 9.51. The maximum atomic E-state index is 9.51. The van der Waals surface area contributed by atoms with Crippen LogP contribution >= 0.6 is 0 Å². The van der Waals surface area contributed by atoms with Crippen LogP contribution in [-0.2, 0) is 57.4 Å². The van der Waals surface area contributed by atoms with Gasteiger partial charge in [0.1, 0.15) is 0 Å². The van der Waals surface area contributed by atoms with E-state index >= 15 is 0 Å². The fraction of sp³-hybridized carbons (Fsp3) is 0.164. The molecule has 0 atom stereocenters. The zero-order chi connectivity index (χ0) is 51.1. The van der Waals surface area contributed by atoms with Gasteiger partial charge in [-0.3, -0.25) is 0 Å². The summed E-state index contributed by atoms with van der Waals surface area (Å²) >= 11 is 0. The van der Waals surface area contributed by atoms with Gasteiger partial charge in [-0.25, -0.2) is 0 Å². The Morgan fingerprint density at radius 3 is 1.48 bits per heavy atom. The number of hydrogen-bond acceptors (Lipinski definition) is 3. The molecule has 3 heterocycles. The quantitative estimate of drug-likeness (QED) is 0.102. The van der Waals surface area contributed by atoms with Crippen molar-refractivity contribution in [2.75, 3.05) is 0 Å². The molecule has 0 unspecified atom stereocenters. The Morgan fingerprint density at radius 2 is 0.954 bits per heavy atom. The van der Waals surface area contributed by atoms with E-state index in [9.17, 15) is 11.0 Å². The Morgan fingerprint density at radius 1 is 0.446 bits per heavy atom. The maximum Gasteiger partial charge on any atom is 3.00 e. The van der Waals surface area contributed by atoms with E-state index in [1.165, 1.54) is 41.5 Å². The Hall–Kier alpha value is -6.58. The summed E-state index contributed by atoms with van der Waals surface area (Å²) in [7, 11) is 0. The number of pyridine rings is 3. The smallest absolute Gasteiger partial charge is 0.305 e. The van der Waals surface area contributed by atoms with E-state index in [-0.39, 0.29) is 48.8 Å². The summed E-state index contributed by atoms with van der Waals surface area (Å²) in [5, 5.41) is 0. The van der Waals surface area contributed by atoms with Crippen LogP contribution in [0.5, 0.6) is 0 Å². The first-order chi connectivity index (χ1) is 34.3. The molecule has 0 radical (unpaired) electrons. The minimum atomic E-state index is -2.73. The molecule has 9 aromatic rings. The van der Waals surface area contributed by atoms with Crippen molar-refractivity contribution in [1.82, 2.24) is 15.0 Å². The molecule has 0 aliphatic heterocycles. The molecule has 0 saturated heterocycles. The molecule has 65 heavy (non-hydrogen) atoms. The van der Waals surface area contributed by atoms with Crippen molar-refractivity contribution in [3.05, 3.63) is 245 Å².